The number of halogens is 1. The first-order chi connectivity index (χ1) is 19.8. The monoisotopic (exact) mass is 705 g/mol. The maximum Gasteiger partial charge on any atom is 0.462 e. The number of carbonyl (C=O) groups excluding carboxylic acids is 2. The highest BCUT2D eigenvalue weighted by atomic mass is 127. The lowest BCUT2D eigenvalue weighted by molar-refractivity contribution is -1.08. The number of allylic oxidation sites excluding steroid dienone is 1. The predicted molar refractivity (Wildman–Crippen MR) is 165 cm³/mol. The molecule has 244 valence electrons. The summed E-state index contributed by atoms with van der Waals surface area (Å²) in [5, 5.41) is 2.94. The van der Waals surface area contributed by atoms with E-state index in [-0.39, 0.29) is 46.3 Å². The van der Waals surface area contributed by atoms with E-state index in [1.54, 1.807) is 6.92 Å². The van der Waals surface area contributed by atoms with Crippen molar-refractivity contribution in [1.29, 1.82) is 0 Å². The van der Waals surface area contributed by atoms with Gasteiger partial charge >= 0.3 is 12.1 Å². The number of hydroxylamine groups is 3. The molecule has 8 nitrogen and oxygen atoms in total. The zero-order chi connectivity index (χ0) is 30.1. The zero-order valence-corrected chi connectivity index (χ0v) is 29.4. The number of quaternary nitrogens is 1. The summed E-state index contributed by atoms with van der Waals surface area (Å²) in [5.41, 5.74) is 8.42. The molecule has 1 saturated heterocycles. The highest BCUT2D eigenvalue weighted by Crippen LogP contribution is 2.42. The van der Waals surface area contributed by atoms with Crippen LogP contribution in [0.4, 0.5) is 4.79 Å². The number of nitrogens with one attached hydrogen (secondary N) is 1. The lowest BCUT2D eigenvalue weighted by Gasteiger charge is -2.48. The molecule has 3 N–H and O–H groups in total. The van der Waals surface area contributed by atoms with Crippen LogP contribution in [0.25, 0.3) is 0 Å². The van der Waals surface area contributed by atoms with E-state index in [4.69, 9.17) is 20.0 Å². The molecule has 2 aliphatic heterocycles. The van der Waals surface area contributed by atoms with Crippen molar-refractivity contribution in [2.45, 2.75) is 149 Å². The third kappa shape index (κ3) is 11.3. The molecular weight excluding hydrogens is 645 g/mol. The van der Waals surface area contributed by atoms with Crippen molar-refractivity contribution in [1.82, 2.24) is 5.32 Å². The second kappa shape index (κ2) is 21.4. The molecule has 0 radical (unpaired) electrons. The van der Waals surface area contributed by atoms with E-state index in [1.165, 1.54) is 97.0 Å². The average Bonchev–Trinajstić information content (AvgIpc) is 2.94. The van der Waals surface area contributed by atoms with Crippen molar-refractivity contribution in [3.8, 4) is 0 Å². The first-order valence-electron chi connectivity index (χ1n) is 16.6. The predicted octanol–water partition coefficient (Wildman–Crippen LogP) is 4.58. The number of unbranched alkanes of at least 4 members (excludes halogenated alkanes) is 15. The van der Waals surface area contributed by atoms with Crippen LogP contribution in [-0.4, -0.2) is 55.7 Å². The molecule has 0 saturated carbocycles. The normalized spacial score (nSPS) is 21.9. The smallest absolute Gasteiger partial charge is 0.462 e. The van der Waals surface area contributed by atoms with Gasteiger partial charge < -0.3 is 44.5 Å². The second-order valence-corrected chi connectivity index (χ2v) is 11.9. The topological polar surface area (TPSA) is 99.9 Å². The summed E-state index contributed by atoms with van der Waals surface area (Å²) in [4.78, 5) is 31.8. The third-order valence-electron chi connectivity index (χ3n) is 9.01. The molecule has 2 aliphatic rings. The second-order valence-electron chi connectivity index (χ2n) is 11.9. The molecule has 1 fully saturated rings. The fourth-order valence-electron chi connectivity index (χ4n) is 6.34. The summed E-state index contributed by atoms with van der Waals surface area (Å²) < 4.78 is 10.7. The zero-order valence-electron chi connectivity index (χ0n) is 27.2. The van der Waals surface area contributed by atoms with Crippen LogP contribution < -0.4 is 35.0 Å². The van der Waals surface area contributed by atoms with Crippen LogP contribution >= 0.6 is 0 Å². The Morgan fingerprint density at radius 2 is 1.36 bits per heavy atom. The molecule has 9 heteroatoms. The Kier molecular flexibility index (Phi) is 19.7. The van der Waals surface area contributed by atoms with Crippen molar-refractivity contribution < 1.29 is 52.5 Å². The van der Waals surface area contributed by atoms with Gasteiger partial charge in [0.1, 0.15) is 18.2 Å². The van der Waals surface area contributed by atoms with Gasteiger partial charge in [0, 0.05) is 25.5 Å². The van der Waals surface area contributed by atoms with Crippen molar-refractivity contribution in [2.24, 2.45) is 5.73 Å². The number of hydrogen-bond acceptors (Lipinski definition) is 6. The molecule has 2 heterocycles. The Bertz CT molecular complexity index is 874. The number of ether oxygens (including phenoxy) is 2. The molecule has 0 bridgehead atoms. The minimum absolute atomic E-state index is 0. The van der Waals surface area contributed by atoms with Gasteiger partial charge in [0.05, 0.1) is 19.4 Å². The highest BCUT2D eigenvalue weighted by Gasteiger charge is 2.56. The Labute approximate surface area is 273 Å². The summed E-state index contributed by atoms with van der Waals surface area (Å²) in [6.07, 6.45) is 21.2. The molecule has 0 aliphatic carbocycles. The van der Waals surface area contributed by atoms with Crippen molar-refractivity contribution in [3.05, 3.63) is 22.5 Å². The van der Waals surface area contributed by atoms with Gasteiger partial charge in [-0.3, -0.25) is 0 Å². The maximum atomic E-state index is 13.0. The molecular formula is C33H60IN3O5. The molecule has 42 heavy (non-hydrogen) atoms. The Hall–Kier alpha value is -1.33. The molecule has 1 amide bonds. The molecule has 3 unspecified atom stereocenters. The van der Waals surface area contributed by atoms with Crippen LogP contribution in [0.15, 0.2) is 22.5 Å². The number of likely N-dealkylation sites (N-methyl/N-ethyl adjacent to an activating group) is 1. The standard InChI is InChI=1S/C33H59N3O5.HI/c1-6-8-9-10-11-12-13-14-15-16-17-18-19-20-21-22-24-35-33(38)41-36(7-2)27(4)29(32(37)39-5)30(34)26(3)31(36)28-23-25-40-28;/h28,31H,6-25,34H2,1-5H3;1H. The average molecular weight is 706 g/mol. The quantitative estimate of drug-likeness (QED) is 0.0786. The van der Waals surface area contributed by atoms with Crippen LogP contribution in [0, 0.1) is 0 Å². The van der Waals surface area contributed by atoms with Gasteiger partial charge in [0.15, 0.2) is 11.7 Å². The number of amides is 1. The van der Waals surface area contributed by atoms with Gasteiger partial charge in [-0.25, -0.2) is 14.4 Å². The lowest BCUT2D eigenvalue weighted by Crippen LogP contribution is -3.00. The van der Waals surface area contributed by atoms with Gasteiger partial charge in [-0.2, -0.15) is 0 Å². The number of methoxy groups -OCH3 is 1. The van der Waals surface area contributed by atoms with Crippen LogP contribution in [0.3, 0.4) is 0 Å². The van der Waals surface area contributed by atoms with E-state index in [1.807, 2.05) is 13.8 Å². The van der Waals surface area contributed by atoms with Gasteiger partial charge in [0.25, 0.3) is 0 Å². The van der Waals surface area contributed by atoms with Crippen LogP contribution in [0.1, 0.15) is 137 Å². The first-order valence-corrected chi connectivity index (χ1v) is 16.6. The van der Waals surface area contributed by atoms with E-state index in [0.717, 1.165) is 24.8 Å². The van der Waals surface area contributed by atoms with Crippen LogP contribution in [-0.2, 0) is 19.1 Å². The van der Waals surface area contributed by atoms with Crippen LogP contribution in [0.5, 0.6) is 0 Å². The minimum atomic E-state index is -0.527. The number of nitrogens with zero attached hydrogens (tertiary/aromatic N) is 1. The van der Waals surface area contributed by atoms with E-state index >= 15 is 0 Å². The fraction of sp³-hybridized carbons (Fsp3) is 0.818. The van der Waals surface area contributed by atoms with Crippen molar-refractivity contribution >= 4 is 12.1 Å². The summed E-state index contributed by atoms with van der Waals surface area (Å²) in [5.74, 6) is -0.527. The summed E-state index contributed by atoms with van der Waals surface area (Å²) in [7, 11) is 1.33. The number of esters is 1. The number of nitrogens with two attached hydrogens (primary N) is 1. The van der Waals surface area contributed by atoms with E-state index in [2.05, 4.69) is 12.2 Å². The van der Waals surface area contributed by atoms with Crippen molar-refractivity contribution in [2.75, 3.05) is 26.8 Å². The molecule has 3 atom stereocenters. The Morgan fingerprint density at radius 3 is 1.76 bits per heavy atom. The van der Waals surface area contributed by atoms with Crippen LogP contribution in [0.2, 0.25) is 0 Å². The molecule has 2 rings (SSSR count). The molecule has 0 aromatic rings. The number of carbonyl (C=O) groups is 2. The molecule has 0 aromatic carbocycles. The van der Waals surface area contributed by atoms with Crippen molar-refractivity contribution in [3.63, 3.8) is 0 Å². The largest absolute Gasteiger partial charge is 1.00 e. The summed E-state index contributed by atoms with van der Waals surface area (Å²) in [6, 6.07) is -0.302. The first kappa shape index (κ1) is 38.7. The SMILES string of the molecule is CCCCCCCCCCCCCCCCCCNC(=O)O[N+]1(CC)C(C)=C(C(=O)OC)C(N)=C(C)C1C1CCO1.[I-]. The van der Waals surface area contributed by atoms with Gasteiger partial charge in [-0.15, -0.1) is 0 Å². The maximum absolute atomic E-state index is 13.0. The summed E-state index contributed by atoms with van der Waals surface area (Å²) in [6.45, 7) is 9.57. The molecule has 0 spiro atoms. The van der Waals surface area contributed by atoms with Gasteiger partial charge in [-0.1, -0.05) is 108 Å². The van der Waals surface area contributed by atoms with E-state index < -0.39 is 12.1 Å². The Balaban J connectivity index is 0.00000882. The van der Waals surface area contributed by atoms with Gasteiger partial charge in [0.2, 0.25) is 0 Å². The van der Waals surface area contributed by atoms with E-state index in [9.17, 15) is 9.59 Å². The highest BCUT2D eigenvalue weighted by molar-refractivity contribution is 5.94. The number of rotatable bonds is 21. The summed E-state index contributed by atoms with van der Waals surface area (Å²) >= 11 is 0. The fourth-order valence-corrected chi connectivity index (χ4v) is 6.34. The van der Waals surface area contributed by atoms with E-state index in [0.29, 0.717) is 31.1 Å². The lowest BCUT2D eigenvalue weighted by atomic mass is 9.87. The number of hydrogen-bond donors (Lipinski definition) is 2. The third-order valence-corrected chi connectivity index (χ3v) is 9.01. The molecule has 0 aromatic heterocycles. The minimum Gasteiger partial charge on any atom is -1.00 e. The Morgan fingerprint density at radius 1 is 0.881 bits per heavy atom. The van der Waals surface area contributed by atoms with Gasteiger partial charge in [-0.05, 0) is 20.3 Å².